The molecule has 3 aromatic rings. The number of carbonyl (C=O) groups is 1. The van der Waals surface area contributed by atoms with Gasteiger partial charge in [-0.05, 0) is 59.9 Å². The lowest BCUT2D eigenvalue weighted by atomic mass is 10.0. The minimum atomic E-state index is 0.127. The fraction of sp³-hybridized carbons (Fsp3) is 0.345. The molecule has 3 aliphatic heterocycles. The Balaban J connectivity index is 1.03. The van der Waals surface area contributed by atoms with Gasteiger partial charge in [-0.3, -0.25) is 9.69 Å². The van der Waals surface area contributed by atoms with E-state index >= 15 is 0 Å². The van der Waals surface area contributed by atoms with E-state index < -0.39 is 0 Å². The number of hydrogen-bond acceptors (Lipinski definition) is 5. The highest BCUT2D eigenvalue weighted by atomic mass is 16.7. The van der Waals surface area contributed by atoms with Gasteiger partial charge in [0, 0.05) is 57.1 Å². The zero-order chi connectivity index (χ0) is 23.6. The average Bonchev–Trinajstić information content (AvgIpc) is 3.37. The molecule has 6 nitrogen and oxygen atoms in total. The van der Waals surface area contributed by atoms with Gasteiger partial charge in [-0.2, -0.15) is 0 Å². The molecule has 1 fully saturated rings. The molecule has 0 aromatic heterocycles. The van der Waals surface area contributed by atoms with Crippen molar-refractivity contribution < 1.29 is 14.3 Å². The third-order valence-corrected chi connectivity index (χ3v) is 7.28. The summed E-state index contributed by atoms with van der Waals surface area (Å²) in [6.07, 6.45) is 2.35. The van der Waals surface area contributed by atoms with E-state index in [-0.39, 0.29) is 5.91 Å². The van der Waals surface area contributed by atoms with Crippen LogP contribution in [-0.2, 0) is 19.5 Å². The summed E-state index contributed by atoms with van der Waals surface area (Å²) in [4.78, 5) is 19.9. The van der Waals surface area contributed by atoms with Crippen LogP contribution in [0.3, 0.4) is 0 Å². The van der Waals surface area contributed by atoms with Gasteiger partial charge >= 0.3 is 0 Å². The first-order valence-corrected chi connectivity index (χ1v) is 12.5. The number of benzene rings is 3. The van der Waals surface area contributed by atoms with E-state index in [1.165, 1.54) is 28.8 Å². The van der Waals surface area contributed by atoms with Crippen molar-refractivity contribution in [1.82, 2.24) is 9.80 Å². The number of rotatable bonds is 5. The maximum Gasteiger partial charge on any atom is 0.253 e. The largest absolute Gasteiger partial charge is 0.454 e. The third kappa shape index (κ3) is 4.71. The van der Waals surface area contributed by atoms with Crippen molar-refractivity contribution >= 4 is 11.6 Å². The molecule has 0 aliphatic carbocycles. The van der Waals surface area contributed by atoms with E-state index in [1.807, 2.05) is 23.1 Å². The van der Waals surface area contributed by atoms with Gasteiger partial charge in [-0.15, -0.1) is 0 Å². The fourth-order valence-corrected chi connectivity index (χ4v) is 5.34. The van der Waals surface area contributed by atoms with Crippen molar-refractivity contribution in [3.63, 3.8) is 0 Å². The van der Waals surface area contributed by atoms with Crippen LogP contribution in [0, 0.1) is 0 Å². The van der Waals surface area contributed by atoms with E-state index in [0.29, 0.717) is 6.79 Å². The summed E-state index contributed by atoms with van der Waals surface area (Å²) in [6.45, 7) is 6.34. The second kappa shape index (κ2) is 9.62. The van der Waals surface area contributed by atoms with E-state index in [9.17, 15) is 4.79 Å². The monoisotopic (exact) mass is 469 g/mol. The highest BCUT2D eigenvalue weighted by molar-refractivity contribution is 5.94. The van der Waals surface area contributed by atoms with Crippen LogP contribution in [0.4, 0.5) is 5.69 Å². The number of para-hydroxylation sites is 1. The molecule has 3 aliphatic rings. The normalized spacial score (nSPS) is 17.4. The highest BCUT2D eigenvalue weighted by Crippen LogP contribution is 2.33. The number of carbonyl (C=O) groups excluding carboxylic acids is 1. The zero-order valence-corrected chi connectivity index (χ0v) is 20.0. The summed E-state index contributed by atoms with van der Waals surface area (Å²) >= 11 is 0. The number of nitrogens with zero attached hydrogens (tertiary/aromatic N) is 3. The molecular weight excluding hydrogens is 438 g/mol. The van der Waals surface area contributed by atoms with E-state index in [2.05, 4.69) is 58.3 Å². The van der Waals surface area contributed by atoms with Gasteiger partial charge in [-0.25, -0.2) is 0 Å². The van der Waals surface area contributed by atoms with Crippen molar-refractivity contribution in [1.29, 1.82) is 0 Å². The first-order chi connectivity index (χ1) is 17.2. The standard InChI is InChI=1S/C29H31N3O3/c33-29(31-16-14-30(15-17-31)19-23-9-12-27-28(18-23)35-21-34-27)25-10-7-22(8-11-25)20-32-13-3-5-24-4-1-2-6-26(24)32/h1-2,4,6-12,18H,3,5,13-17,19-21H2. The SMILES string of the molecule is O=C(c1ccc(CN2CCCc3ccccc32)cc1)N1CCN(Cc2ccc3c(c2)OCO3)CC1. The number of aryl methyl sites for hydroxylation is 1. The van der Waals surface area contributed by atoms with Crippen LogP contribution >= 0.6 is 0 Å². The summed E-state index contributed by atoms with van der Waals surface area (Å²) in [5.74, 6) is 1.77. The van der Waals surface area contributed by atoms with E-state index in [0.717, 1.165) is 69.3 Å². The first-order valence-electron chi connectivity index (χ1n) is 12.5. The Hall–Kier alpha value is -3.51. The lowest BCUT2D eigenvalue weighted by molar-refractivity contribution is 0.0628. The van der Waals surface area contributed by atoms with Crippen LogP contribution in [0.1, 0.15) is 33.5 Å². The Kier molecular flexibility index (Phi) is 6.05. The van der Waals surface area contributed by atoms with Gasteiger partial charge in [0.15, 0.2) is 11.5 Å². The fourth-order valence-electron chi connectivity index (χ4n) is 5.34. The lowest BCUT2D eigenvalue weighted by Crippen LogP contribution is -2.48. The summed E-state index contributed by atoms with van der Waals surface area (Å²) < 4.78 is 10.9. The lowest BCUT2D eigenvalue weighted by Gasteiger charge is -2.35. The Labute approximate surface area is 206 Å². The van der Waals surface area contributed by atoms with Crippen LogP contribution in [0.5, 0.6) is 11.5 Å². The number of amides is 1. The van der Waals surface area contributed by atoms with Crippen molar-refractivity contribution in [2.24, 2.45) is 0 Å². The molecule has 0 bridgehead atoms. The van der Waals surface area contributed by atoms with E-state index in [1.54, 1.807) is 0 Å². The summed E-state index contributed by atoms with van der Waals surface area (Å²) in [5, 5.41) is 0. The Morgan fingerprint density at radius 1 is 0.771 bits per heavy atom. The minimum absolute atomic E-state index is 0.127. The second-order valence-electron chi connectivity index (χ2n) is 9.61. The van der Waals surface area contributed by atoms with Gasteiger partial charge < -0.3 is 19.3 Å². The number of hydrogen-bond donors (Lipinski definition) is 0. The Bertz CT molecular complexity index is 1200. The van der Waals surface area contributed by atoms with Gasteiger partial charge in [-0.1, -0.05) is 36.4 Å². The van der Waals surface area contributed by atoms with Crippen molar-refractivity contribution in [3.8, 4) is 11.5 Å². The number of fused-ring (bicyclic) bond motifs is 2. The smallest absolute Gasteiger partial charge is 0.253 e. The molecule has 0 atom stereocenters. The second-order valence-corrected chi connectivity index (χ2v) is 9.61. The third-order valence-electron chi connectivity index (χ3n) is 7.28. The predicted molar refractivity (Wildman–Crippen MR) is 136 cm³/mol. The molecule has 1 amide bonds. The quantitative estimate of drug-likeness (QED) is 0.557. The molecule has 6 rings (SSSR count). The average molecular weight is 470 g/mol. The first kappa shape index (κ1) is 22.0. The van der Waals surface area contributed by atoms with E-state index in [4.69, 9.17) is 9.47 Å². The molecule has 3 heterocycles. The molecule has 6 heteroatoms. The van der Waals surface area contributed by atoms with Crippen LogP contribution in [0.25, 0.3) is 0 Å². The molecule has 0 spiro atoms. The molecule has 0 saturated carbocycles. The molecule has 0 N–H and O–H groups in total. The van der Waals surface area contributed by atoms with Gasteiger partial charge in [0.2, 0.25) is 6.79 Å². The number of ether oxygens (including phenoxy) is 2. The van der Waals surface area contributed by atoms with Crippen molar-refractivity contribution in [3.05, 3.63) is 89.0 Å². The predicted octanol–water partition coefficient (Wildman–Crippen LogP) is 4.33. The van der Waals surface area contributed by atoms with Crippen LogP contribution in [-0.4, -0.2) is 55.2 Å². The maximum absolute atomic E-state index is 13.1. The summed E-state index contributed by atoms with van der Waals surface area (Å²) in [7, 11) is 0. The topological polar surface area (TPSA) is 45.3 Å². The summed E-state index contributed by atoms with van der Waals surface area (Å²) in [6, 6.07) is 23.0. The van der Waals surface area contributed by atoms with Gasteiger partial charge in [0.1, 0.15) is 0 Å². The van der Waals surface area contributed by atoms with Gasteiger partial charge in [0.05, 0.1) is 0 Å². The molecule has 0 unspecified atom stereocenters. The van der Waals surface area contributed by atoms with Crippen molar-refractivity contribution in [2.75, 3.05) is 44.4 Å². The van der Waals surface area contributed by atoms with Crippen LogP contribution in [0.15, 0.2) is 66.7 Å². The zero-order valence-electron chi connectivity index (χ0n) is 20.0. The van der Waals surface area contributed by atoms with Crippen molar-refractivity contribution in [2.45, 2.75) is 25.9 Å². The van der Waals surface area contributed by atoms with Crippen LogP contribution < -0.4 is 14.4 Å². The molecule has 35 heavy (non-hydrogen) atoms. The van der Waals surface area contributed by atoms with Gasteiger partial charge in [0.25, 0.3) is 5.91 Å². The Morgan fingerprint density at radius 2 is 1.54 bits per heavy atom. The number of anilines is 1. The molecule has 180 valence electrons. The molecular formula is C29H31N3O3. The molecule has 1 saturated heterocycles. The summed E-state index contributed by atoms with van der Waals surface area (Å²) in [5.41, 5.74) is 6.01. The minimum Gasteiger partial charge on any atom is -0.454 e. The molecule has 3 aromatic carbocycles. The highest BCUT2D eigenvalue weighted by Gasteiger charge is 2.23. The maximum atomic E-state index is 13.1. The Morgan fingerprint density at radius 3 is 2.40 bits per heavy atom. The number of piperazine rings is 1. The molecule has 0 radical (unpaired) electrons. The van der Waals surface area contributed by atoms with Crippen LogP contribution in [0.2, 0.25) is 0 Å².